The zero-order valence-corrected chi connectivity index (χ0v) is 19.5. The summed E-state index contributed by atoms with van der Waals surface area (Å²) in [5, 5.41) is 6.11. The number of urea groups is 1. The van der Waals surface area contributed by atoms with Crippen molar-refractivity contribution in [2.75, 3.05) is 15.5 Å². The van der Waals surface area contributed by atoms with E-state index in [4.69, 9.17) is 11.6 Å². The van der Waals surface area contributed by atoms with Crippen LogP contribution in [0.25, 0.3) is 11.1 Å². The number of fused-ring (bicyclic) bond motifs is 1. The van der Waals surface area contributed by atoms with Crippen molar-refractivity contribution in [2.24, 2.45) is 0 Å². The molecule has 5 rings (SSSR count). The smallest absolute Gasteiger partial charge is 0.308 e. The van der Waals surface area contributed by atoms with Gasteiger partial charge in [0.05, 0.1) is 22.5 Å². The summed E-state index contributed by atoms with van der Waals surface area (Å²) in [7, 11) is 0. The van der Waals surface area contributed by atoms with Gasteiger partial charge in [-0.25, -0.2) is 9.69 Å². The molecule has 2 N–H and O–H groups in total. The van der Waals surface area contributed by atoms with Crippen molar-refractivity contribution < 1.29 is 14.4 Å². The summed E-state index contributed by atoms with van der Waals surface area (Å²) >= 11 is 6.00. The van der Waals surface area contributed by atoms with E-state index >= 15 is 0 Å². The van der Waals surface area contributed by atoms with Gasteiger partial charge in [-0.15, -0.1) is 0 Å². The van der Waals surface area contributed by atoms with Crippen molar-refractivity contribution in [1.29, 1.82) is 0 Å². The van der Waals surface area contributed by atoms with Crippen molar-refractivity contribution in [1.82, 2.24) is 0 Å². The predicted octanol–water partition coefficient (Wildman–Crippen LogP) is 6.76. The highest BCUT2D eigenvalue weighted by Crippen LogP contribution is 2.33. The molecule has 172 valence electrons. The first kappa shape index (κ1) is 22.4. The maximum atomic E-state index is 12.9. The van der Waals surface area contributed by atoms with Crippen molar-refractivity contribution in [3.8, 4) is 11.1 Å². The fourth-order valence-corrected chi connectivity index (χ4v) is 4.33. The van der Waals surface area contributed by atoms with Crippen LogP contribution in [0.15, 0.2) is 91.0 Å². The number of amides is 4. The van der Waals surface area contributed by atoms with E-state index in [9.17, 15) is 14.4 Å². The summed E-state index contributed by atoms with van der Waals surface area (Å²) in [5.41, 5.74) is 4.81. The summed E-state index contributed by atoms with van der Waals surface area (Å²) in [6, 6.07) is 26.6. The zero-order chi connectivity index (χ0) is 24.5. The lowest BCUT2D eigenvalue weighted by atomic mass is 10.0. The molecule has 0 spiro atoms. The van der Waals surface area contributed by atoms with Crippen LogP contribution in [0.3, 0.4) is 0 Å². The van der Waals surface area contributed by atoms with Crippen LogP contribution in [0.2, 0.25) is 5.02 Å². The lowest BCUT2D eigenvalue weighted by Gasteiger charge is -2.18. The SMILES string of the molecule is Cc1cc(NC(=O)Nc2ccccc2-c2ccccc2)ccc1N1C(=O)c2ccc(Cl)cc2C1=O. The summed E-state index contributed by atoms with van der Waals surface area (Å²) < 4.78 is 0. The molecule has 0 radical (unpaired) electrons. The number of benzene rings is 4. The molecule has 0 saturated carbocycles. The Kier molecular flexibility index (Phi) is 5.81. The Hall–Kier alpha value is -4.42. The quantitative estimate of drug-likeness (QED) is 0.316. The van der Waals surface area contributed by atoms with Crippen LogP contribution in [0, 0.1) is 6.92 Å². The van der Waals surface area contributed by atoms with Crippen molar-refractivity contribution in [3.63, 3.8) is 0 Å². The topological polar surface area (TPSA) is 78.5 Å². The standard InChI is InChI=1S/C28H20ClN3O3/c1-17-15-20(12-14-25(17)32-26(33)22-13-11-19(29)16-23(22)27(32)34)30-28(35)31-24-10-6-5-9-21(24)18-7-3-2-4-8-18/h2-16H,1H3,(H2,30,31,35). The van der Waals surface area contributed by atoms with Gasteiger partial charge in [-0.05, 0) is 60.5 Å². The maximum Gasteiger partial charge on any atom is 0.323 e. The highest BCUT2D eigenvalue weighted by molar-refractivity contribution is 6.37. The van der Waals surface area contributed by atoms with E-state index in [0.717, 1.165) is 16.0 Å². The third kappa shape index (κ3) is 4.27. The van der Waals surface area contributed by atoms with Crippen LogP contribution >= 0.6 is 11.6 Å². The van der Waals surface area contributed by atoms with Crippen LogP contribution in [0.5, 0.6) is 0 Å². The molecule has 0 aliphatic carbocycles. The first-order valence-corrected chi connectivity index (χ1v) is 11.3. The number of hydrogen-bond donors (Lipinski definition) is 2. The predicted molar refractivity (Wildman–Crippen MR) is 138 cm³/mol. The summed E-state index contributed by atoms with van der Waals surface area (Å²) in [4.78, 5) is 39.6. The van der Waals surface area contributed by atoms with Gasteiger partial charge in [0.15, 0.2) is 0 Å². The van der Waals surface area contributed by atoms with Crippen LogP contribution in [-0.4, -0.2) is 17.8 Å². The molecule has 1 heterocycles. The number of aryl methyl sites for hydroxylation is 1. The second kappa shape index (κ2) is 9.08. The van der Waals surface area contributed by atoms with Crippen LogP contribution in [-0.2, 0) is 0 Å². The fraction of sp³-hybridized carbons (Fsp3) is 0.0357. The van der Waals surface area contributed by atoms with E-state index in [2.05, 4.69) is 10.6 Å². The van der Waals surface area contributed by atoms with Gasteiger partial charge in [-0.3, -0.25) is 9.59 Å². The second-order valence-electron chi connectivity index (χ2n) is 8.13. The van der Waals surface area contributed by atoms with Gasteiger partial charge in [-0.1, -0.05) is 60.1 Å². The van der Waals surface area contributed by atoms with Gasteiger partial charge in [0.25, 0.3) is 11.8 Å². The molecule has 4 aromatic carbocycles. The van der Waals surface area contributed by atoms with Gasteiger partial charge in [0.1, 0.15) is 0 Å². The molecule has 0 bridgehead atoms. The lowest BCUT2D eigenvalue weighted by molar-refractivity contribution is 0.0926. The number of para-hydroxylation sites is 1. The third-order valence-electron chi connectivity index (χ3n) is 5.80. The summed E-state index contributed by atoms with van der Waals surface area (Å²) in [5.74, 6) is -0.827. The van der Waals surface area contributed by atoms with Crippen LogP contribution in [0.1, 0.15) is 26.3 Å². The fourth-order valence-electron chi connectivity index (χ4n) is 4.16. The van der Waals surface area contributed by atoms with Gasteiger partial charge in [0, 0.05) is 16.3 Å². The molecule has 6 nitrogen and oxygen atoms in total. The van der Waals surface area contributed by atoms with Gasteiger partial charge in [-0.2, -0.15) is 0 Å². The molecule has 1 aliphatic rings. The maximum absolute atomic E-state index is 12.9. The molecule has 4 amide bonds. The van der Waals surface area contributed by atoms with Crippen molar-refractivity contribution in [2.45, 2.75) is 6.92 Å². The number of carbonyl (C=O) groups excluding carboxylic acids is 3. The lowest BCUT2D eigenvalue weighted by Crippen LogP contribution is -2.30. The Balaban J connectivity index is 1.34. The Morgan fingerprint density at radius 2 is 1.46 bits per heavy atom. The first-order chi connectivity index (χ1) is 16.9. The normalized spacial score (nSPS) is 12.5. The number of anilines is 3. The largest absolute Gasteiger partial charge is 0.323 e. The van der Waals surface area contributed by atoms with Gasteiger partial charge in [0.2, 0.25) is 0 Å². The average molecular weight is 482 g/mol. The average Bonchev–Trinajstić information content (AvgIpc) is 3.09. The molecule has 0 unspecified atom stereocenters. The number of carbonyl (C=O) groups is 3. The summed E-state index contributed by atoms with van der Waals surface area (Å²) in [6.07, 6.45) is 0. The molecule has 0 atom stereocenters. The molecule has 1 aliphatic heterocycles. The first-order valence-electron chi connectivity index (χ1n) is 10.9. The molecular formula is C28H20ClN3O3. The molecule has 0 aromatic heterocycles. The van der Waals surface area contributed by atoms with Crippen molar-refractivity contribution >= 4 is 46.5 Å². The minimum atomic E-state index is -0.424. The minimum absolute atomic E-state index is 0.278. The van der Waals surface area contributed by atoms with Crippen LogP contribution in [0.4, 0.5) is 21.9 Å². The van der Waals surface area contributed by atoms with E-state index in [-0.39, 0.29) is 5.56 Å². The highest BCUT2D eigenvalue weighted by Gasteiger charge is 2.37. The van der Waals surface area contributed by atoms with E-state index in [1.165, 1.54) is 6.07 Å². The van der Waals surface area contributed by atoms with Gasteiger partial charge < -0.3 is 10.6 Å². The Labute approximate surface area is 207 Å². The zero-order valence-electron chi connectivity index (χ0n) is 18.7. The number of imide groups is 1. The monoisotopic (exact) mass is 481 g/mol. The number of hydrogen-bond acceptors (Lipinski definition) is 3. The second-order valence-corrected chi connectivity index (χ2v) is 8.56. The van der Waals surface area contributed by atoms with Gasteiger partial charge >= 0.3 is 6.03 Å². The molecule has 4 aromatic rings. The highest BCUT2D eigenvalue weighted by atomic mass is 35.5. The Bertz CT molecular complexity index is 1480. The van der Waals surface area contributed by atoms with Crippen LogP contribution < -0.4 is 15.5 Å². The van der Waals surface area contributed by atoms with E-state index in [0.29, 0.717) is 33.2 Å². The molecule has 0 fully saturated rings. The number of halogens is 1. The molecule has 7 heteroatoms. The number of nitrogens with zero attached hydrogens (tertiary/aromatic N) is 1. The number of rotatable bonds is 4. The minimum Gasteiger partial charge on any atom is -0.308 e. The third-order valence-corrected chi connectivity index (χ3v) is 6.04. The van der Waals surface area contributed by atoms with E-state index in [1.54, 1.807) is 37.3 Å². The number of nitrogens with one attached hydrogen (secondary N) is 2. The molecule has 0 saturated heterocycles. The van der Waals surface area contributed by atoms with E-state index < -0.39 is 17.8 Å². The molecular weight excluding hydrogens is 462 g/mol. The molecule has 35 heavy (non-hydrogen) atoms. The van der Waals surface area contributed by atoms with Crippen molar-refractivity contribution in [3.05, 3.63) is 113 Å². The Morgan fingerprint density at radius 3 is 2.23 bits per heavy atom. The van der Waals surface area contributed by atoms with E-state index in [1.807, 2.05) is 54.6 Å². The summed E-state index contributed by atoms with van der Waals surface area (Å²) in [6.45, 7) is 1.78. The Morgan fingerprint density at radius 1 is 0.743 bits per heavy atom.